The molecule has 1 saturated heterocycles. The molecule has 1 aliphatic heterocycles. The van der Waals surface area contributed by atoms with Crippen LogP contribution < -0.4 is 4.90 Å². The number of carbonyl (C=O) groups is 1. The summed E-state index contributed by atoms with van der Waals surface area (Å²) in [7, 11) is 0. The predicted molar refractivity (Wildman–Crippen MR) is 124 cm³/mol. The Morgan fingerprint density at radius 3 is 2.58 bits per heavy atom. The second-order valence-corrected chi connectivity index (χ2v) is 9.30. The zero-order valence-corrected chi connectivity index (χ0v) is 19.2. The lowest BCUT2D eigenvalue weighted by atomic mass is 10.1. The maximum Gasteiger partial charge on any atom is 0.417 e. The van der Waals surface area contributed by atoms with E-state index >= 15 is 0 Å². The number of hydrogen-bond acceptors (Lipinski definition) is 4. The number of halogens is 5. The van der Waals surface area contributed by atoms with Gasteiger partial charge < -0.3 is 4.42 Å². The Kier molecular flexibility index (Phi) is 6.04. The lowest BCUT2D eigenvalue weighted by Crippen LogP contribution is -2.27. The van der Waals surface area contributed by atoms with Crippen molar-refractivity contribution in [3.8, 4) is 11.3 Å². The number of nitrogens with zero attached hydrogens (tertiary/aromatic N) is 1. The second-order valence-electron chi connectivity index (χ2n) is 6.36. The largest absolute Gasteiger partial charge is 0.457 e. The molecular weight excluding hydrogens is 535 g/mol. The van der Waals surface area contributed by atoms with Crippen LogP contribution in [0.3, 0.4) is 0 Å². The third kappa shape index (κ3) is 4.45. The van der Waals surface area contributed by atoms with E-state index in [1.807, 2.05) is 0 Å². The molecule has 0 radical (unpaired) electrons. The molecule has 1 aromatic heterocycles. The van der Waals surface area contributed by atoms with Gasteiger partial charge in [0.1, 0.15) is 11.5 Å². The van der Waals surface area contributed by atoms with Crippen molar-refractivity contribution < 1.29 is 22.4 Å². The van der Waals surface area contributed by atoms with Gasteiger partial charge in [-0.15, -0.1) is 0 Å². The van der Waals surface area contributed by atoms with E-state index < -0.39 is 11.7 Å². The minimum absolute atomic E-state index is 0.0503. The third-order valence-corrected chi connectivity index (χ3v) is 6.89. The molecule has 3 nitrogen and oxygen atoms in total. The van der Waals surface area contributed by atoms with Crippen LogP contribution in [-0.4, -0.2) is 10.2 Å². The van der Waals surface area contributed by atoms with E-state index in [1.165, 1.54) is 41.3 Å². The Hall–Kier alpha value is -2.07. The summed E-state index contributed by atoms with van der Waals surface area (Å²) in [5.41, 5.74) is -0.362. The summed E-state index contributed by atoms with van der Waals surface area (Å²) >= 11 is 15.8. The van der Waals surface area contributed by atoms with Crippen LogP contribution >= 0.6 is 51.5 Å². The van der Waals surface area contributed by atoms with Crippen LogP contribution in [0.15, 0.2) is 68.4 Å². The van der Waals surface area contributed by atoms with Crippen LogP contribution in [-0.2, 0) is 11.0 Å². The normalized spacial score (nSPS) is 15.9. The van der Waals surface area contributed by atoms with E-state index in [2.05, 4.69) is 15.9 Å². The molecule has 1 fully saturated rings. The van der Waals surface area contributed by atoms with Gasteiger partial charge in [0.05, 0.1) is 21.2 Å². The number of hydrogen-bond donors (Lipinski definition) is 0. The number of benzene rings is 2. The first-order valence-electron chi connectivity index (χ1n) is 8.64. The molecule has 2 heterocycles. The molecule has 3 aromatic rings. The number of carbonyl (C=O) groups excluding carboxylic acids is 1. The summed E-state index contributed by atoms with van der Waals surface area (Å²) in [5.74, 6) is -0.0855. The summed E-state index contributed by atoms with van der Waals surface area (Å²) in [6, 6.07) is 13.1. The lowest BCUT2D eigenvalue weighted by molar-refractivity contribution is -0.137. The van der Waals surface area contributed by atoms with Crippen LogP contribution in [0, 0.1) is 0 Å². The Morgan fingerprint density at radius 1 is 1.13 bits per heavy atom. The van der Waals surface area contributed by atoms with Crippen LogP contribution in [0.5, 0.6) is 0 Å². The number of rotatable bonds is 3. The third-order valence-electron chi connectivity index (χ3n) is 4.35. The van der Waals surface area contributed by atoms with Gasteiger partial charge in [-0.2, -0.15) is 13.2 Å². The molecule has 0 aliphatic carbocycles. The van der Waals surface area contributed by atoms with Crippen molar-refractivity contribution >= 4 is 73.5 Å². The summed E-state index contributed by atoms with van der Waals surface area (Å²) in [6.07, 6.45) is -3.06. The number of thiocarbonyl (C=S) groups is 1. The Bertz CT molecular complexity index is 1240. The summed E-state index contributed by atoms with van der Waals surface area (Å²) < 4.78 is 46.4. The Morgan fingerprint density at radius 2 is 1.87 bits per heavy atom. The number of anilines is 1. The summed E-state index contributed by atoms with van der Waals surface area (Å²) in [5, 5.41) is 0.425. The fraction of sp³-hybridized carbons (Fsp3) is 0.0476. The highest BCUT2D eigenvalue weighted by atomic mass is 79.9. The van der Waals surface area contributed by atoms with Gasteiger partial charge in [-0.1, -0.05) is 53.8 Å². The van der Waals surface area contributed by atoms with Gasteiger partial charge in [0.15, 0.2) is 4.32 Å². The van der Waals surface area contributed by atoms with Crippen molar-refractivity contribution in [3.63, 3.8) is 0 Å². The highest BCUT2D eigenvalue weighted by Gasteiger charge is 2.35. The van der Waals surface area contributed by atoms with E-state index in [-0.39, 0.29) is 27.9 Å². The van der Waals surface area contributed by atoms with Crippen molar-refractivity contribution in [3.05, 3.63) is 80.3 Å². The molecule has 0 N–H and O–H groups in total. The maximum atomic E-state index is 13.3. The number of furan rings is 1. The van der Waals surface area contributed by atoms with Crippen molar-refractivity contribution in [1.29, 1.82) is 0 Å². The number of amides is 1. The average molecular weight is 545 g/mol. The van der Waals surface area contributed by atoms with Gasteiger partial charge in [-0.3, -0.25) is 9.69 Å². The molecule has 10 heteroatoms. The molecule has 158 valence electrons. The molecule has 31 heavy (non-hydrogen) atoms. The van der Waals surface area contributed by atoms with Gasteiger partial charge in [-0.05, 0) is 52.3 Å². The molecule has 0 atom stereocenters. The molecule has 0 bridgehead atoms. The fourth-order valence-electron chi connectivity index (χ4n) is 2.96. The van der Waals surface area contributed by atoms with Crippen molar-refractivity contribution in [1.82, 2.24) is 0 Å². The van der Waals surface area contributed by atoms with E-state index in [0.29, 0.717) is 19.5 Å². The standard InChI is InChI=1S/C21H10BrClF3NO2S2/c22-15-7-5-11(9-16(15)23)27-19(28)18(31-20(27)30)10-12-6-8-17(29-12)13-3-1-2-4-14(13)21(24,25)26/h1-10H/b18-10+. The van der Waals surface area contributed by atoms with Crippen molar-refractivity contribution in [2.45, 2.75) is 6.18 Å². The fourth-order valence-corrected chi connectivity index (χ4v) is 4.66. The minimum atomic E-state index is -4.52. The average Bonchev–Trinajstić information content (AvgIpc) is 3.28. The quantitative estimate of drug-likeness (QED) is 0.249. The highest BCUT2D eigenvalue weighted by Crippen LogP contribution is 2.40. The Balaban J connectivity index is 1.64. The minimum Gasteiger partial charge on any atom is -0.457 e. The molecule has 1 amide bonds. The molecule has 1 aliphatic rings. The zero-order chi connectivity index (χ0) is 22.3. The van der Waals surface area contributed by atoms with Gasteiger partial charge in [0.25, 0.3) is 5.91 Å². The Labute approximate surface area is 198 Å². The van der Waals surface area contributed by atoms with Gasteiger partial charge in [0.2, 0.25) is 0 Å². The second kappa shape index (κ2) is 8.46. The molecule has 4 rings (SSSR count). The molecule has 0 unspecified atom stereocenters. The topological polar surface area (TPSA) is 33.5 Å². The van der Waals surface area contributed by atoms with Gasteiger partial charge in [-0.25, -0.2) is 0 Å². The van der Waals surface area contributed by atoms with E-state index in [1.54, 1.807) is 18.2 Å². The van der Waals surface area contributed by atoms with Gasteiger partial charge >= 0.3 is 6.18 Å². The number of alkyl halides is 3. The first-order valence-corrected chi connectivity index (χ1v) is 11.0. The van der Waals surface area contributed by atoms with Crippen LogP contribution in [0.25, 0.3) is 17.4 Å². The van der Waals surface area contributed by atoms with Gasteiger partial charge in [0, 0.05) is 16.1 Å². The monoisotopic (exact) mass is 543 g/mol. The van der Waals surface area contributed by atoms with Crippen LogP contribution in [0.4, 0.5) is 18.9 Å². The molecule has 0 spiro atoms. The summed E-state index contributed by atoms with van der Waals surface area (Å²) in [6.45, 7) is 0. The highest BCUT2D eigenvalue weighted by molar-refractivity contribution is 9.10. The zero-order valence-electron chi connectivity index (χ0n) is 15.2. The van der Waals surface area contributed by atoms with Crippen molar-refractivity contribution in [2.75, 3.05) is 4.90 Å². The number of thioether (sulfide) groups is 1. The van der Waals surface area contributed by atoms with Crippen LogP contribution in [0.2, 0.25) is 5.02 Å². The predicted octanol–water partition coefficient (Wildman–Crippen LogP) is 7.79. The maximum absolute atomic E-state index is 13.3. The first-order chi connectivity index (χ1) is 14.6. The van der Waals surface area contributed by atoms with E-state index in [0.717, 1.165) is 17.8 Å². The van der Waals surface area contributed by atoms with E-state index in [4.69, 9.17) is 28.2 Å². The molecule has 2 aromatic carbocycles. The first kappa shape index (κ1) is 22.1. The smallest absolute Gasteiger partial charge is 0.417 e. The van der Waals surface area contributed by atoms with E-state index in [9.17, 15) is 18.0 Å². The summed E-state index contributed by atoms with van der Waals surface area (Å²) in [4.78, 5) is 14.5. The van der Waals surface area contributed by atoms with Crippen LogP contribution in [0.1, 0.15) is 11.3 Å². The molecular formula is C21H10BrClF3NO2S2. The lowest BCUT2D eigenvalue weighted by Gasteiger charge is -2.15. The SMILES string of the molecule is O=C1/C(=C\c2ccc(-c3ccccc3C(F)(F)F)o2)SC(=S)N1c1ccc(Br)c(Cl)c1. The molecule has 0 saturated carbocycles. The van der Waals surface area contributed by atoms with Crippen molar-refractivity contribution in [2.24, 2.45) is 0 Å².